The summed E-state index contributed by atoms with van der Waals surface area (Å²) >= 11 is 3.37. The SMILES string of the molecule is COc1ccc(Br)cc1C(N)CCO.Cl. The van der Waals surface area contributed by atoms with Crippen molar-refractivity contribution in [3.05, 3.63) is 28.2 Å². The van der Waals surface area contributed by atoms with Gasteiger partial charge in [0.05, 0.1) is 7.11 Å². The molecule has 0 aliphatic rings. The van der Waals surface area contributed by atoms with Crippen LogP contribution in [0.2, 0.25) is 0 Å². The topological polar surface area (TPSA) is 55.5 Å². The lowest BCUT2D eigenvalue weighted by atomic mass is 10.0. The highest BCUT2D eigenvalue weighted by molar-refractivity contribution is 9.10. The Morgan fingerprint density at radius 1 is 1.53 bits per heavy atom. The third-order valence-electron chi connectivity index (χ3n) is 2.03. The number of aliphatic hydroxyl groups excluding tert-OH is 1. The molecule has 0 aliphatic carbocycles. The Kier molecular flexibility index (Phi) is 6.92. The molecule has 5 heteroatoms. The van der Waals surface area contributed by atoms with Gasteiger partial charge in [-0.15, -0.1) is 12.4 Å². The Morgan fingerprint density at radius 3 is 2.73 bits per heavy atom. The zero-order valence-electron chi connectivity index (χ0n) is 8.44. The van der Waals surface area contributed by atoms with Gasteiger partial charge in [-0.25, -0.2) is 0 Å². The summed E-state index contributed by atoms with van der Waals surface area (Å²) in [6, 6.07) is 5.48. The number of halogens is 2. The molecule has 0 saturated carbocycles. The molecule has 3 nitrogen and oxygen atoms in total. The number of hydrogen-bond donors (Lipinski definition) is 2. The molecule has 0 radical (unpaired) electrons. The second-order valence-electron chi connectivity index (χ2n) is 3.01. The van der Waals surface area contributed by atoms with Gasteiger partial charge in [-0.1, -0.05) is 15.9 Å². The van der Waals surface area contributed by atoms with Crippen LogP contribution < -0.4 is 10.5 Å². The van der Waals surface area contributed by atoms with Crippen molar-refractivity contribution in [3.8, 4) is 5.75 Å². The molecule has 0 spiro atoms. The van der Waals surface area contributed by atoms with E-state index in [1.165, 1.54) is 0 Å². The first-order valence-electron chi connectivity index (χ1n) is 4.39. The van der Waals surface area contributed by atoms with Gasteiger partial charge in [-0.2, -0.15) is 0 Å². The van der Waals surface area contributed by atoms with Crippen molar-refractivity contribution in [1.29, 1.82) is 0 Å². The Hall–Kier alpha value is -0.290. The quantitative estimate of drug-likeness (QED) is 0.896. The summed E-state index contributed by atoms with van der Waals surface area (Å²) in [4.78, 5) is 0. The summed E-state index contributed by atoms with van der Waals surface area (Å²) in [7, 11) is 1.61. The van der Waals surface area contributed by atoms with Gasteiger partial charge in [0.2, 0.25) is 0 Å². The summed E-state index contributed by atoms with van der Waals surface area (Å²) < 4.78 is 6.15. The summed E-state index contributed by atoms with van der Waals surface area (Å²) in [5.74, 6) is 0.758. The van der Waals surface area contributed by atoms with Crippen molar-refractivity contribution in [3.63, 3.8) is 0 Å². The maximum Gasteiger partial charge on any atom is 0.123 e. The standard InChI is InChI=1S/C10H14BrNO2.ClH/c1-14-10-3-2-7(11)6-8(10)9(12)4-5-13;/h2-3,6,9,13H,4-5,12H2,1H3;1H. The molecule has 0 fully saturated rings. The van der Waals surface area contributed by atoms with Gasteiger partial charge in [-0.05, 0) is 24.6 Å². The third kappa shape index (κ3) is 3.99. The number of rotatable bonds is 4. The van der Waals surface area contributed by atoms with Gasteiger partial charge in [0, 0.05) is 22.7 Å². The molecule has 1 aromatic rings. The minimum Gasteiger partial charge on any atom is -0.496 e. The van der Waals surface area contributed by atoms with E-state index in [4.69, 9.17) is 15.6 Å². The van der Waals surface area contributed by atoms with Crippen LogP contribution in [-0.4, -0.2) is 18.8 Å². The molecule has 0 aromatic heterocycles. The molecule has 0 bridgehead atoms. The second kappa shape index (κ2) is 7.06. The van der Waals surface area contributed by atoms with Crippen LogP contribution in [-0.2, 0) is 0 Å². The molecule has 0 heterocycles. The molecular weight excluding hydrogens is 281 g/mol. The zero-order valence-corrected chi connectivity index (χ0v) is 10.8. The van der Waals surface area contributed by atoms with Crippen LogP contribution in [0.3, 0.4) is 0 Å². The van der Waals surface area contributed by atoms with Gasteiger partial charge in [0.1, 0.15) is 5.75 Å². The van der Waals surface area contributed by atoms with E-state index in [1.807, 2.05) is 18.2 Å². The Labute approximate surface area is 104 Å². The maximum atomic E-state index is 8.80. The molecule has 1 rings (SSSR count). The van der Waals surface area contributed by atoms with E-state index in [2.05, 4.69) is 15.9 Å². The Balaban J connectivity index is 0.00000196. The van der Waals surface area contributed by atoms with E-state index in [1.54, 1.807) is 7.11 Å². The lowest BCUT2D eigenvalue weighted by molar-refractivity contribution is 0.275. The van der Waals surface area contributed by atoms with Gasteiger partial charge in [0.15, 0.2) is 0 Å². The predicted molar refractivity (Wildman–Crippen MR) is 66.6 cm³/mol. The highest BCUT2D eigenvalue weighted by Crippen LogP contribution is 2.28. The Bertz CT molecular complexity index is 309. The molecule has 1 aromatic carbocycles. The van der Waals surface area contributed by atoms with Crippen LogP contribution >= 0.6 is 28.3 Å². The summed E-state index contributed by atoms with van der Waals surface area (Å²) in [5.41, 5.74) is 6.80. The summed E-state index contributed by atoms with van der Waals surface area (Å²) in [6.07, 6.45) is 0.535. The number of nitrogens with two attached hydrogens (primary N) is 1. The molecule has 0 saturated heterocycles. The zero-order chi connectivity index (χ0) is 10.6. The summed E-state index contributed by atoms with van der Waals surface area (Å²) in [5, 5.41) is 8.80. The predicted octanol–water partition coefficient (Wildman–Crippen LogP) is 2.26. The van der Waals surface area contributed by atoms with Crippen molar-refractivity contribution in [1.82, 2.24) is 0 Å². The number of hydrogen-bond acceptors (Lipinski definition) is 3. The number of ether oxygens (including phenoxy) is 1. The number of methoxy groups -OCH3 is 1. The largest absolute Gasteiger partial charge is 0.496 e. The van der Waals surface area contributed by atoms with Crippen LogP contribution in [0.4, 0.5) is 0 Å². The van der Waals surface area contributed by atoms with Crippen LogP contribution in [0.5, 0.6) is 5.75 Å². The van der Waals surface area contributed by atoms with Gasteiger partial charge >= 0.3 is 0 Å². The monoisotopic (exact) mass is 295 g/mol. The highest BCUT2D eigenvalue weighted by Gasteiger charge is 2.11. The van der Waals surface area contributed by atoms with E-state index in [9.17, 15) is 0 Å². The molecule has 0 amide bonds. The third-order valence-corrected chi connectivity index (χ3v) is 2.52. The van der Waals surface area contributed by atoms with E-state index >= 15 is 0 Å². The first-order chi connectivity index (χ1) is 6.69. The van der Waals surface area contributed by atoms with Crippen molar-refractivity contribution >= 4 is 28.3 Å². The van der Waals surface area contributed by atoms with E-state index in [0.717, 1.165) is 15.8 Å². The number of aliphatic hydroxyl groups is 1. The van der Waals surface area contributed by atoms with Gasteiger partial charge < -0.3 is 15.6 Å². The molecule has 1 atom stereocenters. The Morgan fingerprint density at radius 2 is 2.20 bits per heavy atom. The van der Waals surface area contributed by atoms with Crippen LogP contribution in [0.1, 0.15) is 18.0 Å². The first-order valence-corrected chi connectivity index (χ1v) is 5.18. The molecular formula is C10H15BrClNO2. The average Bonchev–Trinajstić information content (AvgIpc) is 2.18. The highest BCUT2D eigenvalue weighted by atomic mass is 79.9. The average molecular weight is 297 g/mol. The van der Waals surface area contributed by atoms with Crippen LogP contribution in [0, 0.1) is 0 Å². The van der Waals surface area contributed by atoms with Crippen LogP contribution in [0.25, 0.3) is 0 Å². The van der Waals surface area contributed by atoms with Gasteiger partial charge in [0.25, 0.3) is 0 Å². The molecule has 3 N–H and O–H groups in total. The summed E-state index contributed by atoms with van der Waals surface area (Å²) in [6.45, 7) is 0.0802. The van der Waals surface area contributed by atoms with E-state index in [0.29, 0.717) is 6.42 Å². The minimum absolute atomic E-state index is 0. The second-order valence-corrected chi connectivity index (χ2v) is 3.92. The van der Waals surface area contributed by atoms with Crippen molar-refractivity contribution in [2.24, 2.45) is 5.73 Å². The maximum absolute atomic E-state index is 8.80. The molecule has 1 unspecified atom stereocenters. The lowest BCUT2D eigenvalue weighted by Gasteiger charge is -2.14. The fraction of sp³-hybridized carbons (Fsp3) is 0.400. The first kappa shape index (κ1) is 14.7. The van der Waals surface area contributed by atoms with E-state index < -0.39 is 0 Å². The molecule has 15 heavy (non-hydrogen) atoms. The lowest BCUT2D eigenvalue weighted by Crippen LogP contribution is -2.13. The molecule has 86 valence electrons. The fourth-order valence-corrected chi connectivity index (χ4v) is 1.67. The fourth-order valence-electron chi connectivity index (χ4n) is 1.29. The van der Waals surface area contributed by atoms with Crippen molar-refractivity contribution < 1.29 is 9.84 Å². The smallest absolute Gasteiger partial charge is 0.123 e. The minimum atomic E-state index is -0.188. The normalized spacial score (nSPS) is 11.7. The van der Waals surface area contributed by atoms with Crippen LogP contribution in [0.15, 0.2) is 22.7 Å². The molecule has 0 aliphatic heterocycles. The van der Waals surface area contributed by atoms with Gasteiger partial charge in [-0.3, -0.25) is 0 Å². The van der Waals surface area contributed by atoms with Crippen molar-refractivity contribution in [2.75, 3.05) is 13.7 Å². The van der Waals surface area contributed by atoms with E-state index in [-0.39, 0.29) is 25.1 Å². The van der Waals surface area contributed by atoms with Crippen molar-refractivity contribution in [2.45, 2.75) is 12.5 Å². The number of benzene rings is 1.